The van der Waals surface area contributed by atoms with E-state index < -0.39 is 10.0 Å². The van der Waals surface area contributed by atoms with E-state index in [1.807, 2.05) is 13.0 Å². The molecule has 1 amide bonds. The minimum Gasteiger partial charge on any atom is -0.471 e. The number of sulfonamides is 1. The van der Waals surface area contributed by atoms with Gasteiger partial charge in [-0.05, 0) is 37.6 Å². The third-order valence-corrected chi connectivity index (χ3v) is 5.42. The molecule has 0 spiro atoms. The van der Waals surface area contributed by atoms with Crippen molar-refractivity contribution in [2.75, 3.05) is 16.2 Å². The predicted octanol–water partition coefficient (Wildman–Crippen LogP) is 1.93. The number of hydrogen-bond donors (Lipinski definition) is 1. The van der Waals surface area contributed by atoms with Crippen LogP contribution in [0.1, 0.15) is 12.5 Å². The summed E-state index contributed by atoms with van der Waals surface area (Å²) in [5.74, 6) is 0.224. The van der Waals surface area contributed by atoms with Crippen molar-refractivity contribution in [3.8, 4) is 5.88 Å². The highest BCUT2D eigenvalue weighted by Gasteiger charge is 2.34. The zero-order chi connectivity index (χ0) is 17.3. The van der Waals surface area contributed by atoms with Gasteiger partial charge in [-0.1, -0.05) is 12.1 Å². The Morgan fingerprint density at radius 3 is 2.88 bits per heavy atom. The first-order valence-electron chi connectivity index (χ1n) is 7.38. The van der Waals surface area contributed by atoms with E-state index in [9.17, 15) is 13.2 Å². The molecule has 0 bridgehead atoms. The number of nitrogens with one attached hydrogen (secondary N) is 1. The smallest absolute Gasteiger partial charge is 0.264 e. The van der Waals surface area contributed by atoms with Crippen molar-refractivity contribution in [1.29, 1.82) is 0 Å². The predicted molar refractivity (Wildman–Crippen MR) is 89.7 cm³/mol. The topological polar surface area (TPSA) is 88.6 Å². The second-order valence-corrected chi connectivity index (χ2v) is 7.45. The number of aryl methyl sites for hydroxylation is 1. The van der Waals surface area contributed by atoms with Crippen LogP contribution in [0.4, 0.5) is 11.4 Å². The second-order valence-electron chi connectivity index (χ2n) is 5.59. The number of nitrogens with zero attached hydrogens (tertiary/aromatic N) is 2. The van der Waals surface area contributed by atoms with E-state index in [0.29, 0.717) is 17.8 Å². The molecule has 3 rings (SSSR count). The quantitative estimate of drug-likeness (QED) is 0.854. The molecule has 2 heterocycles. The number of pyridine rings is 1. The fourth-order valence-corrected chi connectivity index (χ4v) is 4.18. The molecule has 0 saturated heterocycles. The van der Waals surface area contributed by atoms with Crippen molar-refractivity contribution >= 4 is 27.8 Å². The number of amides is 1. The van der Waals surface area contributed by atoms with Crippen LogP contribution in [0.5, 0.6) is 5.88 Å². The molecule has 126 valence electrons. The lowest BCUT2D eigenvalue weighted by Gasteiger charge is -2.33. The summed E-state index contributed by atoms with van der Waals surface area (Å²) in [6.07, 6.45) is 1.59. The van der Waals surface area contributed by atoms with Gasteiger partial charge in [-0.15, -0.1) is 0 Å². The van der Waals surface area contributed by atoms with Crippen LogP contribution in [-0.4, -0.2) is 32.5 Å². The van der Waals surface area contributed by atoms with E-state index in [2.05, 4.69) is 10.3 Å². The molecule has 0 saturated carbocycles. The SMILES string of the molecule is Cc1cccc(S(=O)(=O)N2C[C@H](C)Oc3ncc(NC=O)cc32)c1. The average Bonchev–Trinajstić information content (AvgIpc) is 2.54. The molecule has 8 heteroatoms. The van der Waals surface area contributed by atoms with E-state index in [0.717, 1.165) is 5.56 Å². The molecule has 0 unspecified atom stereocenters. The van der Waals surface area contributed by atoms with Crippen molar-refractivity contribution in [3.05, 3.63) is 42.1 Å². The Morgan fingerprint density at radius 2 is 2.17 bits per heavy atom. The van der Waals surface area contributed by atoms with Crippen LogP contribution in [0.3, 0.4) is 0 Å². The van der Waals surface area contributed by atoms with Crippen molar-refractivity contribution < 1.29 is 17.9 Å². The molecule has 1 aliphatic heterocycles. The highest BCUT2D eigenvalue weighted by atomic mass is 32.2. The summed E-state index contributed by atoms with van der Waals surface area (Å²) in [6, 6.07) is 8.26. The Hall–Kier alpha value is -2.61. The number of aromatic nitrogens is 1. The number of fused-ring (bicyclic) bond motifs is 1. The molecule has 1 aromatic heterocycles. The Bertz CT molecular complexity index is 883. The van der Waals surface area contributed by atoms with Gasteiger partial charge < -0.3 is 10.1 Å². The number of hydrogen-bond acceptors (Lipinski definition) is 5. The van der Waals surface area contributed by atoms with E-state index in [1.54, 1.807) is 25.1 Å². The van der Waals surface area contributed by atoms with Gasteiger partial charge in [0.25, 0.3) is 10.0 Å². The van der Waals surface area contributed by atoms with Crippen molar-refractivity contribution in [2.24, 2.45) is 0 Å². The van der Waals surface area contributed by atoms with Crippen molar-refractivity contribution in [3.63, 3.8) is 0 Å². The van der Waals surface area contributed by atoms with Crippen LogP contribution in [0.15, 0.2) is 41.4 Å². The number of carbonyl (C=O) groups excluding carboxylic acids is 1. The maximum absolute atomic E-state index is 13.1. The highest BCUT2D eigenvalue weighted by Crippen LogP contribution is 2.37. The second kappa shape index (κ2) is 6.12. The molecule has 0 radical (unpaired) electrons. The molecule has 1 aliphatic rings. The minimum atomic E-state index is -3.77. The monoisotopic (exact) mass is 347 g/mol. The first-order chi connectivity index (χ1) is 11.4. The van der Waals surface area contributed by atoms with Gasteiger partial charge in [0.1, 0.15) is 11.8 Å². The summed E-state index contributed by atoms with van der Waals surface area (Å²) in [4.78, 5) is 14.9. The van der Waals surface area contributed by atoms with Gasteiger partial charge >= 0.3 is 0 Å². The first-order valence-corrected chi connectivity index (χ1v) is 8.82. The molecule has 24 heavy (non-hydrogen) atoms. The first kappa shape index (κ1) is 16.3. The van der Waals surface area contributed by atoms with Crippen LogP contribution >= 0.6 is 0 Å². The van der Waals surface area contributed by atoms with Crippen LogP contribution in [0, 0.1) is 6.92 Å². The largest absolute Gasteiger partial charge is 0.471 e. The maximum Gasteiger partial charge on any atom is 0.264 e. The number of carbonyl (C=O) groups is 1. The summed E-state index contributed by atoms with van der Waals surface area (Å²) < 4.78 is 33.0. The van der Waals surface area contributed by atoms with E-state index in [1.165, 1.54) is 16.6 Å². The fraction of sp³-hybridized carbons (Fsp3) is 0.250. The van der Waals surface area contributed by atoms with Gasteiger partial charge in [-0.2, -0.15) is 0 Å². The van der Waals surface area contributed by atoms with Crippen LogP contribution in [0.2, 0.25) is 0 Å². The maximum atomic E-state index is 13.1. The van der Waals surface area contributed by atoms with Crippen LogP contribution < -0.4 is 14.4 Å². The van der Waals surface area contributed by atoms with Gasteiger partial charge in [0.15, 0.2) is 0 Å². The summed E-state index contributed by atoms with van der Waals surface area (Å²) in [5.41, 5.74) is 1.56. The van der Waals surface area contributed by atoms with E-state index in [4.69, 9.17) is 4.74 Å². The molecule has 1 aromatic carbocycles. The average molecular weight is 347 g/mol. The Balaban J connectivity index is 2.11. The lowest BCUT2D eigenvalue weighted by atomic mass is 10.2. The van der Waals surface area contributed by atoms with E-state index >= 15 is 0 Å². The Labute approximate surface area is 140 Å². The lowest BCUT2D eigenvalue weighted by molar-refractivity contribution is -0.105. The molecule has 1 atom stereocenters. The normalized spacial score (nSPS) is 16.9. The molecule has 0 fully saturated rings. The summed E-state index contributed by atoms with van der Waals surface area (Å²) in [5, 5.41) is 2.47. The minimum absolute atomic E-state index is 0.162. The zero-order valence-corrected chi connectivity index (χ0v) is 14.1. The van der Waals surface area contributed by atoms with Gasteiger partial charge in [-0.25, -0.2) is 13.4 Å². The van der Waals surface area contributed by atoms with Crippen molar-refractivity contribution in [2.45, 2.75) is 24.8 Å². The Morgan fingerprint density at radius 1 is 1.38 bits per heavy atom. The Kier molecular flexibility index (Phi) is 4.15. The number of rotatable bonds is 4. The molecular formula is C16H17N3O4S. The lowest BCUT2D eigenvalue weighted by Crippen LogP contribution is -2.42. The fourth-order valence-electron chi connectivity index (χ4n) is 2.55. The van der Waals surface area contributed by atoms with Crippen LogP contribution in [0.25, 0.3) is 0 Å². The van der Waals surface area contributed by atoms with Gasteiger partial charge in [0.05, 0.1) is 23.3 Å². The van der Waals surface area contributed by atoms with E-state index in [-0.39, 0.29) is 23.4 Å². The third-order valence-electron chi connectivity index (χ3n) is 3.64. The molecule has 2 aromatic rings. The summed E-state index contributed by atoms with van der Waals surface area (Å²) in [7, 11) is -3.77. The van der Waals surface area contributed by atoms with Gasteiger partial charge in [0.2, 0.25) is 12.3 Å². The number of ether oxygens (including phenoxy) is 1. The highest BCUT2D eigenvalue weighted by molar-refractivity contribution is 7.92. The third kappa shape index (κ3) is 2.92. The molecule has 1 N–H and O–H groups in total. The molecule has 7 nitrogen and oxygen atoms in total. The van der Waals surface area contributed by atoms with Crippen LogP contribution in [-0.2, 0) is 14.8 Å². The standard InChI is InChI=1S/C16H17N3O4S/c1-11-4-3-5-14(6-11)24(21,22)19-9-12(2)23-16-15(19)7-13(8-17-16)18-10-20/h3-8,10,12H,9H2,1-2H3,(H,18,20)/t12-/m0/s1. The zero-order valence-electron chi connectivity index (χ0n) is 13.3. The molecular weight excluding hydrogens is 330 g/mol. The van der Waals surface area contributed by atoms with Crippen molar-refractivity contribution in [1.82, 2.24) is 4.98 Å². The number of benzene rings is 1. The van der Waals surface area contributed by atoms with Gasteiger partial charge in [-0.3, -0.25) is 9.10 Å². The number of anilines is 2. The summed E-state index contributed by atoms with van der Waals surface area (Å²) >= 11 is 0. The van der Waals surface area contributed by atoms with Gasteiger partial charge in [0, 0.05) is 0 Å². The summed E-state index contributed by atoms with van der Waals surface area (Å²) in [6.45, 7) is 3.78. The molecule has 0 aliphatic carbocycles.